The molecule has 2 N–H and O–H groups in total. The summed E-state index contributed by atoms with van der Waals surface area (Å²) < 4.78 is 0. The van der Waals surface area contributed by atoms with Crippen LogP contribution < -0.4 is 4.90 Å². The van der Waals surface area contributed by atoms with E-state index >= 15 is 0 Å². The number of piperidine rings is 1. The summed E-state index contributed by atoms with van der Waals surface area (Å²) in [6.07, 6.45) is 6.22. The second kappa shape index (κ2) is 7.33. The summed E-state index contributed by atoms with van der Waals surface area (Å²) in [7, 11) is 0. The maximum atomic E-state index is 12.6. The van der Waals surface area contributed by atoms with Crippen LogP contribution in [0.5, 0.6) is 0 Å². The van der Waals surface area contributed by atoms with Crippen molar-refractivity contribution in [2.24, 2.45) is 5.92 Å². The van der Waals surface area contributed by atoms with Gasteiger partial charge in [-0.15, -0.1) is 0 Å². The summed E-state index contributed by atoms with van der Waals surface area (Å²) in [6.45, 7) is 2.65. The molecule has 1 amide bonds. The number of hydrogen-bond donors (Lipinski definition) is 2. The molecule has 3 heterocycles. The first-order valence-electron chi connectivity index (χ1n) is 9.31. The minimum absolute atomic E-state index is 0.0144. The molecule has 5 nitrogen and oxygen atoms in total. The molecule has 0 bridgehead atoms. The number of aryl methyl sites for hydroxylation is 1. The minimum Gasteiger partial charge on any atom is -0.396 e. The molecule has 0 unspecified atom stereocenters. The van der Waals surface area contributed by atoms with E-state index in [0.717, 1.165) is 52.7 Å². The number of rotatable bonds is 4. The molecule has 140 valence electrons. The van der Waals surface area contributed by atoms with Crippen molar-refractivity contribution in [2.45, 2.75) is 26.2 Å². The third kappa shape index (κ3) is 3.11. The molecule has 6 heteroatoms. The number of aromatic amines is 1. The number of nitrogens with zero attached hydrogens (tertiary/aromatic N) is 2. The van der Waals surface area contributed by atoms with E-state index in [1.54, 1.807) is 11.1 Å². The zero-order chi connectivity index (χ0) is 19.0. The number of fused-ring (bicyclic) bond motifs is 1. The zero-order valence-corrected chi connectivity index (χ0v) is 16.0. The molecule has 0 saturated carbocycles. The van der Waals surface area contributed by atoms with Gasteiger partial charge in [-0.1, -0.05) is 30.7 Å². The van der Waals surface area contributed by atoms with Gasteiger partial charge in [0.05, 0.1) is 17.5 Å². The number of aliphatic hydroxyl groups excluding tert-OH is 1. The lowest BCUT2D eigenvalue weighted by Crippen LogP contribution is -2.42. The van der Waals surface area contributed by atoms with Gasteiger partial charge in [0.1, 0.15) is 5.65 Å². The highest BCUT2D eigenvalue weighted by Crippen LogP contribution is 2.36. The van der Waals surface area contributed by atoms with Gasteiger partial charge < -0.3 is 15.0 Å². The summed E-state index contributed by atoms with van der Waals surface area (Å²) >= 11 is 6.74. The molecule has 1 fully saturated rings. The quantitative estimate of drug-likeness (QED) is 0.710. The van der Waals surface area contributed by atoms with Gasteiger partial charge in [0, 0.05) is 35.6 Å². The van der Waals surface area contributed by atoms with Crippen LogP contribution in [0.15, 0.2) is 36.7 Å². The molecule has 1 atom stereocenters. The first-order valence-corrected chi connectivity index (χ1v) is 9.69. The summed E-state index contributed by atoms with van der Waals surface area (Å²) in [6, 6.07) is 7.81. The van der Waals surface area contributed by atoms with Gasteiger partial charge in [0.2, 0.25) is 5.91 Å². The molecular weight excluding hydrogens is 362 g/mol. The van der Waals surface area contributed by atoms with E-state index in [4.69, 9.17) is 11.6 Å². The lowest BCUT2D eigenvalue weighted by atomic mass is 9.96. The van der Waals surface area contributed by atoms with Gasteiger partial charge in [-0.05, 0) is 42.5 Å². The van der Waals surface area contributed by atoms with Crippen LogP contribution in [0.3, 0.4) is 0 Å². The van der Waals surface area contributed by atoms with Gasteiger partial charge in [-0.25, -0.2) is 4.98 Å². The highest BCUT2D eigenvalue weighted by molar-refractivity contribution is 6.38. The van der Waals surface area contributed by atoms with Crippen LogP contribution in [0.25, 0.3) is 22.2 Å². The molecule has 1 aliphatic rings. The number of aromatic nitrogens is 2. The molecule has 1 aliphatic heterocycles. The Morgan fingerprint density at radius 2 is 2.26 bits per heavy atom. The molecular formula is C21H22ClN3O2. The molecule has 27 heavy (non-hydrogen) atoms. The van der Waals surface area contributed by atoms with Crippen molar-refractivity contribution in [1.82, 2.24) is 9.97 Å². The Kier molecular flexibility index (Phi) is 4.89. The Morgan fingerprint density at radius 1 is 1.41 bits per heavy atom. The number of aliphatic hydroxyl groups is 1. The van der Waals surface area contributed by atoms with Crippen molar-refractivity contribution in [1.29, 1.82) is 0 Å². The fourth-order valence-electron chi connectivity index (χ4n) is 3.82. The Balaban J connectivity index is 1.76. The van der Waals surface area contributed by atoms with E-state index in [0.29, 0.717) is 11.6 Å². The number of carbonyl (C=O) groups is 1. The van der Waals surface area contributed by atoms with E-state index < -0.39 is 0 Å². The van der Waals surface area contributed by atoms with Crippen LogP contribution in [-0.2, 0) is 11.2 Å². The summed E-state index contributed by atoms with van der Waals surface area (Å²) in [5.74, 6) is -0.324. The number of carbonyl (C=O) groups excluding carboxylic acids is 1. The zero-order valence-electron chi connectivity index (χ0n) is 15.2. The Morgan fingerprint density at radius 3 is 3.04 bits per heavy atom. The van der Waals surface area contributed by atoms with E-state index in [1.165, 1.54) is 0 Å². The molecule has 0 aliphatic carbocycles. The Hall–Kier alpha value is -2.37. The minimum atomic E-state index is -0.309. The number of anilines is 1. The molecule has 2 aromatic heterocycles. The SMILES string of the molecule is CCc1c[nH]c2ncc(-c3cccc(N4CCC[C@H](CO)C4=O)c3)c(Cl)c12. The van der Waals surface area contributed by atoms with Crippen molar-refractivity contribution in [2.75, 3.05) is 18.1 Å². The van der Waals surface area contributed by atoms with Crippen LogP contribution in [0.2, 0.25) is 5.02 Å². The van der Waals surface area contributed by atoms with Gasteiger partial charge in [-0.2, -0.15) is 0 Å². The highest BCUT2D eigenvalue weighted by Gasteiger charge is 2.29. The van der Waals surface area contributed by atoms with Gasteiger partial charge in [-0.3, -0.25) is 4.79 Å². The normalized spacial score (nSPS) is 17.7. The molecule has 4 rings (SSSR count). The second-order valence-electron chi connectivity index (χ2n) is 6.94. The average molecular weight is 384 g/mol. The highest BCUT2D eigenvalue weighted by atomic mass is 35.5. The van der Waals surface area contributed by atoms with E-state index in [2.05, 4.69) is 16.9 Å². The van der Waals surface area contributed by atoms with Crippen LogP contribution in [0.4, 0.5) is 5.69 Å². The first-order chi connectivity index (χ1) is 13.1. The van der Waals surface area contributed by atoms with Crippen molar-refractivity contribution < 1.29 is 9.90 Å². The number of hydrogen-bond acceptors (Lipinski definition) is 3. The summed E-state index contributed by atoms with van der Waals surface area (Å²) in [5, 5.41) is 11.1. The maximum Gasteiger partial charge on any atom is 0.232 e. The average Bonchev–Trinajstić information content (AvgIpc) is 3.13. The standard InChI is InChI=1S/C21H22ClN3O2/c1-2-13-10-23-20-18(13)19(22)17(11-24-20)14-5-3-7-16(9-14)25-8-4-6-15(12-26)21(25)27/h3,5,7,9-11,15,26H,2,4,6,8,12H2,1H3,(H,23,24)/t15-/m1/s1. The first kappa shape index (κ1) is 18.0. The molecule has 1 saturated heterocycles. The molecule has 0 radical (unpaired) electrons. The number of benzene rings is 1. The van der Waals surface area contributed by atoms with Crippen LogP contribution in [-0.4, -0.2) is 34.1 Å². The van der Waals surface area contributed by atoms with E-state index in [9.17, 15) is 9.90 Å². The monoisotopic (exact) mass is 383 g/mol. The maximum absolute atomic E-state index is 12.6. The fourth-order valence-corrected chi connectivity index (χ4v) is 4.18. The van der Waals surface area contributed by atoms with Crippen molar-refractivity contribution >= 4 is 34.2 Å². The number of H-pyrrole nitrogens is 1. The number of halogens is 1. The fraction of sp³-hybridized carbons (Fsp3) is 0.333. The predicted molar refractivity (Wildman–Crippen MR) is 108 cm³/mol. The Bertz CT molecular complexity index is 998. The second-order valence-corrected chi connectivity index (χ2v) is 7.32. The van der Waals surface area contributed by atoms with E-state index in [-0.39, 0.29) is 18.4 Å². The van der Waals surface area contributed by atoms with Gasteiger partial charge in [0.25, 0.3) is 0 Å². The van der Waals surface area contributed by atoms with Crippen molar-refractivity contribution in [3.05, 3.63) is 47.2 Å². The van der Waals surface area contributed by atoms with Gasteiger partial charge in [0.15, 0.2) is 0 Å². The number of nitrogens with one attached hydrogen (secondary N) is 1. The Labute approximate surface area is 163 Å². The lowest BCUT2D eigenvalue weighted by Gasteiger charge is -2.31. The largest absolute Gasteiger partial charge is 0.396 e. The summed E-state index contributed by atoms with van der Waals surface area (Å²) in [4.78, 5) is 22.1. The predicted octanol–water partition coefficient (Wildman–Crippen LogP) is 4.18. The third-order valence-electron chi connectivity index (χ3n) is 5.34. The van der Waals surface area contributed by atoms with Crippen LogP contribution in [0.1, 0.15) is 25.3 Å². The van der Waals surface area contributed by atoms with Gasteiger partial charge >= 0.3 is 0 Å². The van der Waals surface area contributed by atoms with Crippen molar-refractivity contribution in [3.63, 3.8) is 0 Å². The number of pyridine rings is 1. The number of amides is 1. The lowest BCUT2D eigenvalue weighted by molar-refractivity contribution is -0.125. The summed E-state index contributed by atoms with van der Waals surface area (Å²) in [5.41, 5.74) is 4.53. The third-order valence-corrected chi connectivity index (χ3v) is 5.73. The molecule has 1 aromatic carbocycles. The smallest absolute Gasteiger partial charge is 0.232 e. The van der Waals surface area contributed by atoms with E-state index in [1.807, 2.05) is 30.5 Å². The van der Waals surface area contributed by atoms with Crippen molar-refractivity contribution in [3.8, 4) is 11.1 Å². The molecule has 3 aromatic rings. The molecule has 0 spiro atoms. The van der Waals surface area contributed by atoms with Crippen LogP contribution >= 0.6 is 11.6 Å². The topological polar surface area (TPSA) is 69.2 Å². The van der Waals surface area contributed by atoms with Crippen LogP contribution in [0, 0.1) is 5.92 Å².